The summed E-state index contributed by atoms with van der Waals surface area (Å²) in [4.78, 5) is 0.331. The van der Waals surface area contributed by atoms with E-state index in [0.717, 1.165) is 36.9 Å². The lowest BCUT2D eigenvalue weighted by molar-refractivity contribution is 0.378. The molecule has 5 heteroatoms. The SMILES string of the molecule is Cc1ccc(S(=O)(=O)N[C@@H]2CCCC[C@H]2Nc2ccccc2)cc1. The Morgan fingerprint density at radius 2 is 1.50 bits per heavy atom. The standard InChI is InChI=1S/C19H24N2O2S/c1-15-11-13-17(14-12-15)24(22,23)21-19-10-6-5-9-18(19)20-16-7-3-2-4-8-16/h2-4,7-8,11-14,18-21H,5-6,9-10H2,1H3/t18-,19-/m1/s1. The van der Waals surface area contributed by atoms with Gasteiger partial charge in [-0.05, 0) is 44.0 Å². The van der Waals surface area contributed by atoms with Gasteiger partial charge in [0, 0.05) is 17.8 Å². The summed E-state index contributed by atoms with van der Waals surface area (Å²) in [7, 11) is -3.49. The van der Waals surface area contributed by atoms with Crippen LogP contribution < -0.4 is 10.0 Å². The lowest BCUT2D eigenvalue weighted by Crippen LogP contribution is -2.48. The van der Waals surface area contributed by atoms with E-state index in [2.05, 4.69) is 10.0 Å². The lowest BCUT2D eigenvalue weighted by atomic mass is 9.91. The van der Waals surface area contributed by atoms with Gasteiger partial charge < -0.3 is 5.32 Å². The van der Waals surface area contributed by atoms with Crippen LogP contribution in [0.2, 0.25) is 0 Å². The van der Waals surface area contributed by atoms with Gasteiger partial charge in [0.05, 0.1) is 4.90 Å². The first kappa shape index (κ1) is 17.0. The van der Waals surface area contributed by atoms with E-state index in [-0.39, 0.29) is 12.1 Å². The van der Waals surface area contributed by atoms with Gasteiger partial charge in [0.1, 0.15) is 0 Å². The smallest absolute Gasteiger partial charge is 0.240 e. The molecular weight excluding hydrogens is 320 g/mol. The molecule has 0 aliphatic heterocycles. The second kappa shape index (κ2) is 7.36. The minimum absolute atomic E-state index is 0.0924. The third kappa shape index (κ3) is 4.16. The predicted octanol–water partition coefficient (Wildman–Crippen LogP) is 3.70. The first-order chi connectivity index (χ1) is 11.5. The van der Waals surface area contributed by atoms with E-state index in [1.807, 2.05) is 49.4 Å². The molecule has 0 radical (unpaired) electrons. The summed E-state index contributed by atoms with van der Waals surface area (Å²) in [6.07, 6.45) is 3.99. The summed E-state index contributed by atoms with van der Waals surface area (Å²) < 4.78 is 28.3. The normalized spacial score (nSPS) is 21.4. The average Bonchev–Trinajstić information content (AvgIpc) is 2.58. The molecule has 0 amide bonds. The molecule has 1 saturated carbocycles. The summed E-state index contributed by atoms with van der Waals surface area (Å²) in [5.41, 5.74) is 2.08. The number of rotatable bonds is 5. The van der Waals surface area contributed by atoms with Crippen LogP contribution in [0.15, 0.2) is 59.5 Å². The van der Waals surface area contributed by atoms with Gasteiger partial charge in [0.15, 0.2) is 0 Å². The van der Waals surface area contributed by atoms with Gasteiger partial charge in [0.2, 0.25) is 10.0 Å². The van der Waals surface area contributed by atoms with Crippen LogP contribution in [-0.2, 0) is 10.0 Å². The van der Waals surface area contributed by atoms with Gasteiger partial charge in [-0.2, -0.15) is 0 Å². The first-order valence-corrected chi connectivity index (χ1v) is 9.93. The van der Waals surface area contributed by atoms with E-state index in [0.29, 0.717) is 4.90 Å². The number of aryl methyl sites for hydroxylation is 1. The van der Waals surface area contributed by atoms with Crippen molar-refractivity contribution in [3.8, 4) is 0 Å². The first-order valence-electron chi connectivity index (χ1n) is 8.45. The Morgan fingerprint density at radius 1 is 0.875 bits per heavy atom. The Balaban J connectivity index is 1.74. The molecule has 0 unspecified atom stereocenters. The molecule has 1 fully saturated rings. The van der Waals surface area contributed by atoms with Crippen LogP contribution >= 0.6 is 0 Å². The molecular formula is C19H24N2O2S. The number of sulfonamides is 1. The number of hydrogen-bond donors (Lipinski definition) is 2. The summed E-state index contributed by atoms with van der Waals surface area (Å²) in [6, 6.07) is 17.0. The molecule has 0 saturated heterocycles. The molecule has 0 spiro atoms. The van der Waals surface area contributed by atoms with Crippen LogP contribution in [0.4, 0.5) is 5.69 Å². The topological polar surface area (TPSA) is 58.2 Å². The van der Waals surface area contributed by atoms with E-state index >= 15 is 0 Å². The highest BCUT2D eigenvalue weighted by Gasteiger charge is 2.29. The molecule has 2 aromatic rings. The molecule has 4 nitrogen and oxygen atoms in total. The van der Waals surface area contributed by atoms with Gasteiger partial charge in [-0.3, -0.25) is 0 Å². The van der Waals surface area contributed by atoms with Crippen LogP contribution in [0.5, 0.6) is 0 Å². The molecule has 0 bridgehead atoms. The fraction of sp³-hybridized carbons (Fsp3) is 0.368. The number of para-hydroxylation sites is 1. The van der Waals surface area contributed by atoms with Gasteiger partial charge in [-0.1, -0.05) is 48.7 Å². The Bertz CT molecular complexity index is 758. The molecule has 1 aliphatic carbocycles. The van der Waals surface area contributed by atoms with Crippen LogP contribution in [0, 0.1) is 6.92 Å². The summed E-state index contributed by atoms with van der Waals surface area (Å²) in [6.45, 7) is 1.95. The molecule has 24 heavy (non-hydrogen) atoms. The molecule has 0 heterocycles. The van der Waals surface area contributed by atoms with Gasteiger partial charge >= 0.3 is 0 Å². The molecule has 2 aromatic carbocycles. The summed E-state index contributed by atoms with van der Waals surface area (Å²) in [5.74, 6) is 0. The largest absolute Gasteiger partial charge is 0.381 e. The second-order valence-electron chi connectivity index (χ2n) is 6.44. The summed E-state index contributed by atoms with van der Waals surface area (Å²) >= 11 is 0. The van der Waals surface area contributed by atoms with E-state index < -0.39 is 10.0 Å². The highest BCUT2D eigenvalue weighted by atomic mass is 32.2. The Morgan fingerprint density at radius 3 is 2.17 bits per heavy atom. The van der Waals surface area contributed by atoms with Crippen molar-refractivity contribution in [2.24, 2.45) is 0 Å². The van der Waals surface area contributed by atoms with Crippen molar-refractivity contribution < 1.29 is 8.42 Å². The van der Waals surface area contributed by atoms with Crippen molar-refractivity contribution in [2.45, 2.75) is 49.6 Å². The number of nitrogens with one attached hydrogen (secondary N) is 2. The maximum Gasteiger partial charge on any atom is 0.240 e. The maximum absolute atomic E-state index is 12.7. The average molecular weight is 344 g/mol. The van der Waals surface area contributed by atoms with Crippen molar-refractivity contribution in [3.05, 3.63) is 60.2 Å². The van der Waals surface area contributed by atoms with Crippen molar-refractivity contribution >= 4 is 15.7 Å². The summed E-state index contributed by atoms with van der Waals surface area (Å²) in [5, 5.41) is 3.49. The minimum atomic E-state index is -3.49. The third-order valence-electron chi connectivity index (χ3n) is 4.53. The predicted molar refractivity (Wildman–Crippen MR) is 97.6 cm³/mol. The molecule has 1 aliphatic rings. The quantitative estimate of drug-likeness (QED) is 0.869. The van der Waals surface area contributed by atoms with E-state index in [1.54, 1.807) is 12.1 Å². The fourth-order valence-corrected chi connectivity index (χ4v) is 4.49. The minimum Gasteiger partial charge on any atom is -0.381 e. The second-order valence-corrected chi connectivity index (χ2v) is 8.16. The van der Waals surface area contributed by atoms with Gasteiger partial charge in [-0.25, -0.2) is 13.1 Å². The van der Waals surface area contributed by atoms with Crippen LogP contribution in [-0.4, -0.2) is 20.5 Å². The molecule has 128 valence electrons. The number of benzene rings is 2. The Kier molecular flexibility index (Phi) is 5.21. The lowest BCUT2D eigenvalue weighted by Gasteiger charge is -2.33. The van der Waals surface area contributed by atoms with E-state index in [1.165, 1.54) is 0 Å². The zero-order chi connectivity index (χ0) is 17.0. The number of anilines is 1. The monoisotopic (exact) mass is 344 g/mol. The van der Waals surface area contributed by atoms with Crippen LogP contribution in [0.25, 0.3) is 0 Å². The van der Waals surface area contributed by atoms with Gasteiger partial charge in [-0.15, -0.1) is 0 Å². The Hall–Kier alpha value is -1.85. The van der Waals surface area contributed by atoms with Crippen molar-refractivity contribution in [3.63, 3.8) is 0 Å². The van der Waals surface area contributed by atoms with E-state index in [9.17, 15) is 8.42 Å². The Labute approximate surface area is 144 Å². The van der Waals surface area contributed by atoms with Gasteiger partial charge in [0.25, 0.3) is 0 Å². The molecule has 2 atom stereocenters. The van der Waals surface area contributed by atoms with Crippen molar-refractivity contribution in [1.29, 1.82) is 0 Å². The van der Waals surface area contributed by atoms with Crippen molar-refractivity contribution in [2.75, 3.05) is 5.32 Å². The molecule has 2 N–H and O–H groups in total. The zero-order valence-electron chi connectivity index (χ0n) is 13.9. The number of hydrogen-bond acceptors (Lipinski definition) is 3. The zero-order valence-corrected chi connectivity index (χ0v) is 14.7. The van der Waals surface area contributed by atoms with E-state index in [4.69, 9.17) is 0 Å². The maximum atomic E-state index is 12.7. The molecule has 0 aromatic heterocycles. The highest BCUT2D eigenvalue weighted by Crippen LogP contribution is 2.24. The third-order valence-corrected chi connectivity index (χ3v) is 6.04. The molecule has 3 rings (SSSR count). The van der Waals surface area contributed by atoms with Crippen LogP contribution in [0.3, 0.4) is 0 Å². The highest BCUT2D eigenvalue weighted by molar-refractivity contribution is 7.89. The fourth-order valence-electron chi connectivity index (χ4n) is 3.18. The van der Waals surface area contributed by atoms with Crippen LogP contribution in [0.1, 0.15) is 31.2 Å². The van der Waals surface area contributed by atoms with Crippen molar-refractivity contribution in [1.82, 2.24) is 4.72 Å².